The van der Waals surface area contributed by atoms with E-state index in [9.17, 15) is 33.6 Å². The first-order valence-corrected chi connectivity index (χ1v) is 9.96. The zero-order chi connectivity index (χ0) is 24.1. The molecule has 1 saturated heterocycles. The lowest BCUT2D eigenvalue weighted by molar-refractivity contribution is -0.139. The van der Waals surface area contributed by atoms with Crippen molar-refractivity contribution in [2.75, 3.05) is 46.3 Å². The Hall–Kier alpha value is -3.71. The number of nitrogens with zero attached hydrogens (tertiary/aromatic N) is 1. The molecule has 1 aliphatic heterocycles. The molecule has 0 radical (unpaired) electrons. The van der Waals surface area contributed by atoms with Crippen LogP contribution in [0.3, 0.4) is 0 Å². The van der Waals surface area contributed by atoms with Gasteiger partial charge in [-0.15, -0.1) is 0 Å². The van der Waals surface area contributed by atoms with E-state index in [1.54, 1.807) is 0 Å². The Bertz CT molecular complexity index is 756. The van der Waals surface area contributed by atoms with Crippen molar-refractivity contribution in [3.8, 4) is 0 Å². The molecule has 7 amide bonds. The van der Waals surface area contributed by atoms with Crippen molar-refractivity contribution in [1.29, 1.82) is 0 Å². The number of likely N-dealkylation sites (tertiary alicyclic amines) is 1. The minimum Gasteiger partial charge on any atom is -0.358 e. The summed E-state index contributed by atoms with van der Waals surface area (Å²) in [5.41, 5.74) is 0. The summed E-state index contributed by atoms with van der Waals surface area (Å²) in [6.45, 7) is 0.0243. The summed E-state index contributed by atoms with van der Waals surface area (Å²) in [5, 5.41) is 14.0. The zero-order valence-corrected chi connectivity index (χ0v) is 18.0. The van der Waals surface area contributed by atoms with E-state index in [0.29, 0.717) is 19.4 Å². The van der Waals surface area contributed by atoms with Crippen LogP contribution in [0.2, 0.25) is 0 Å². The molecule has 1 aliphatic rings. The molecule has 1 fully saturated rings. The zero-order valence-electron chi connectivity index (χ0n) is 18.0. The molecule has 178 valence electrons. The van der Waals surface area contributed by atoms with Gasteiger partial charge in [0.05, 0.1) is 32.7 Å². The molecule has 0 aliphatic carbocycles. The summed E-state index contributed by atoms with van der Waals surface area (Å²) in [4.78, 5) is 82.8. The molecular formula is C18H29N7O7. The van der Waals surface area contributed by atoms with Gasteiger partial charge in [0.25, 0.3) is 0 Å². The van der Waals surface area contributed by atoms with E-state index in [2.05, 4.69) is 31.9 Å². The van der Waals surface area contributed by atoms with Crippen LogP contribution in [-0.2, 0) is 33.6 Å². The van der Waals surface area contributed by atoms with E-state index >= 15 is 0 Å². The molecule has 0 saturated carbocycles. The van der Waals surface area contributed by atoms with Gasteiger partial charge in [-0.2, -0.15) is 0 Å². The highest BCUT2D eigenvalue weighted by atomic mass is 16.2. The molecular weight excluding hydrogens is 426 g/mol. The number of carbonyl (C=O) groups is 7. The first kappa shape index (κ1) is 26.3. The van der Waals surface area contributed by atoms with Gasteiger partial charge in [-0.05, 0) is 12.8 Å². The van der Waals surface area contributed by atoms with Gasteiger partial charge in [-0.1, -0.05) is 0 Å². The number of nitrogens with one attached hydrogen (secondary N) is 6. The Morgan fingerprint density at radius 1 is 0.719 bits per heavy atom. The van der Waals surface area contributed by atoms with Gasteiger partial charge in [0, 0.05) is 20.5 Å². The molecule has 1 heterocycles. The van der Waals surface area contributed by atoms with Crippen molar-refractivity contribution in [2.45, 2.75) is 25.8 Å². The van der Waals surface area contributed by atoms with E-state index in [4.69, 9.17) is 0 Å². The molecule has 0 aromatic rings. The molecule has 1 rings (SSSR count). The largest absolute Gasteiger partial charge is 0.358 e. The van der Waals surface area contributed by atoms with Crippen molar-refractivity contribution in [2.24, 2.45) is 0 Å². The highest BCUT2D eigenvalue weighted by molar-refractivity contribution is 5.93. The van der Waals surface area contributed by atoms with Crippen LogP contribution in [0.15, 0.2) is 0 Å². The second-order valence-corrected chi connectivity index (χ2v) is 6.88. The highest BCUT2D eigenvalue weighted by Gasteiger charge is 2.34. The second-order valence-electron chi connectivity index (χ2n) is 6.88. The summed E-state index contributed by atoms with van der Waals surface area (Å²) >= 11 is 0. The molecule has 0 aromatic carbocycles. The van der Waals surface area contributed by atoms with E-state index < -0.39 is 42.1 Å². The lowest BCUT2D eigenvalue weighted by Gasteiger charge is -2.24. The fourth-order valence-electron chi connectivity index (χ4n) is 2.74. The number of hydrogen-bond acceptors (Lipinski definition) is 7. The monoisotopic (exact) mass is 455 g/mol. The van der Waals surface area contributed by atoms with Gasteiger partial charge in [0.1, 0.15) is 6.04 Å². The van der Waals surface area contributed by atoms with E-state index in [-0.39, 0.29) is 38.0 Å². The van der Waals surface area contributed by atoms with E-state index in [0.717, 1.165) is 0 Å². The van der Waals surface area contributed by atoms with Gasteiger partial charge >= 0.3 is 0 Å². The maximum absolute atomic E-state index is 12.4. The van der Waals surface area contributed by atoms with Gasteiger partial charge in [-0.3, -0.25) is 33.6 Å². The fourth-order valence-corrected chi connectivity index (χ4v) is 2.74. The van der Waals surface area contributed by atoms with Gasteiger partial charge < -0.3 is 36.8 Å². The Morgan fingerprint density at radius 2 is 1.22 bits per heavy atom. The number of carbonyl (C=O) groups excluding carboxylic acids is 7. The van der Waals surface area contributed by atoms with Gasteiger partial charge in [0.2, 0.25) is 41.4 Å². The van der Waals surface area contributed by atoms with Crippen LogP contribution in [0.1, 0.15) is 19.8 Å². The quantitative estimate of drug-likeness (QED) is 0.180. The number of hydrogen-bond donors (Lipinski definition) is 6. The van der Waals surface area contributed by atoms with Crippen LogP contribution < -0.4 is 31.9 Å². The second kappa shape index (κ2) is 13.6. The third-order valence-electron chi connectivity index (χ3n) is 4.40. The standard InChI is InChI=1S/C18H29N7O7/c1-11(26)20-7-14(28)23-10-17(31)25-5-3-4-12(25)18(32)24-9-16(30)22-8-15(29)21-6-13(27)19-2/h12H,3-10H2,1-2H3,(H,19,27)(H,20,26)(H,21,29)(H,22,30)(H,23,28)(H,24,32)/t12-/m0/s1. The molecule has 0 spiro atoms. The highest BCUT2D eigenvalue weighted by Crippen LogP contribution is 2.17. The Labute approximate surface area is 184 Å². The van der Waals surface area contributed by atoms with Crippen LogP contribution in [0.25, 0.3) is 0 Å². The molecule has 32 heavy (non-hydrogen) atoms. The summed E-state index contributed by atoms with van der Waals surface area (Å²) in [5.74, 6) is -3.48. The Morgan fingerprint density at radius 3 is 1.78 bits per heavy atom. The SMILES string of the molecule is CNC(=O)CNC(=O)CNC(=O)CNC(=O)[C@@H]1CCCN1C(=O)CNC(=O)CNC(C)=O. The first-order valence-electron chi connectivity index (χ1n) is 9.96. The normalized spacial score (nSPS) is 14.7. The topological polar surface area (TPSA) is 195 Å². The van der Waals surface area contributed by atoms with E-state index in [1.165, 1.54) is 18.9 Å². The molecule has 14 nitrogen and oxygen atoms in total. The average molecular weight is 455 g/mol. The number of amides is 7. The molecule has 14 heteroatoms. The van der Waals surface area contributed by atoms with Crippen molar-refractivity contribution in [3.05, 3.63) is 0 Å². The number of rotatable bonds is 11. The molecule has 0 unspecified atom stereocenters. The van der Waals surface area contributed by atoms with Crippen LogP contribution in [-0.4, -0.2) is 98.6 Å². The average Bonchev–Trinajstić information content (AvgIpc) is 3.26. The Kier molecular flexibility index (Phi) is 11.2. The predicted octanol–water partition coefficient (Wildman–Crippen LogP) is -4.68. The third kappa shape index (κ3) is 9.86. The van der Waals surface area contributed by atoms with Crippen LogP contribution >= 0.6 is 0 Å². The summed E-state index contributed by atoms with van der Waals surface area (Å²) < 4.78 is 0. The lowest BCUT2D eigenvalue weighted by atomic mass is 10.2. The molecule has 1 atom stereocenters. The summed E-state index contributed by atoms with van der Waals surface area (Å²) in [6, 6.07) is -0.779. The summed E-state index contributed by atoms with van der Waals surface area (Å²) in [6.07, 6.45) is 0.988. The van der Waals surface area contributed by atoms with Crippen LogP contribution in [0.5, 0.6) is 0 Å². The van der Waals surface area contributed by atoms with Crippen LogP contribution in [0.4, 0.5) is 0 Å². The maximum atomic E-state index is 12.4. The molecule has 6 N–H and O–H groups in total. The van der Waals surface area contributed by atoms with Crippen molar-refractivity contribution in [1.82, 2.24) is 36.8 Å². The van der Waals surface area contributed by atoms with Crippen molar-refractivity contribution >= 4 is 41.4 Å². The third-order valence-corrected chi connectivity index (χ3v) is 4.40. The first-order chi connectivity index (χ1) is 15.1. The van der Waals surface area contributed by atoms with Crippen molar-refractivity contribution in [3.63, 3.8) is 0 Å². The predicted molar refractivity (Wildman–Crippen MR) is 110 cm³/mol. The minimum atomic E-state index is -0.779. The lowest BCUT2D eigenvalue weighted by Crippen LogP contribution is -2.51. The number of likely N-dealkylation sites (N-methyl/N-ethyl adjacent to an activating group) is 1. The van der Waals surface area contributed by atoms with Crippen molar-refractivity contribution < 1.29 is 33.6 Å². The van der Waals surface area contributed by atoms with E-state index in [1.807, 2.05) is 0 Å². The van der Waals surface area contributed by atoms with Crippen LogP contribution in [0, 0.1) is 0 Å². The molecule has 0 aromatic heterocycles. The Balaban J connectivity index is 2.36. The smallest absolute Gasteiger partial charge is 0.243 e. The molecule has 0 bridgehead atoms. The maximum Gasteiger partial charge on any atom is 0.243 e. The van der Waals surface area contributed by atoms with Gasteiger partial charge in [-0.25, -0.2) is 0 Å². The summed E-state index contributed by atoms with van der Waals surface area (Å²) in [7, 11) is 1.42. The minimum absolute atomic E-state index is 0.221. The fraction of sp³-hybridized carbons (Fsp3) is 0.611. The van der Waals surface area contributed by atoms with Gasteiger partial charge in [0.15, 0.2) is 0 Å².